The normalized spacial score (nSPS) is 10.7. The first-order chi connectivity index (χ1) is 12.8. The largest absolute Gasteiger partial charge is 0.348 e. The Kier molecular flexibility index (Phi) is 5.21. The number of amides is 2. The number of hydrogen-bond donors (Lipinski definition) is 1. The zero-order chi connectivity index (χ0) is 19.6. The quantitative estimate of drug-likeness (QED) is 0.774. The lowest BCUT2D eigenvalue weighted by molar-refractivity contribution is 0.0827. The smallest absolute Gasteiger partial charge is 0.253 e. The average Bonchev–Trinajstić information content (AvgIpc) is 2.65. The zero-order valence-corrected chi connectivity index (χ0v) is 16.0. The number of nitrogens with one attached hydrogen (secondary N) is 1. The highest BCUT2D eigenvalue weighted by molar-refractivity contribution is 6.06. The Morgan fingerprint density at radius 3 is 2.37 bits per heavy atom. The van der Waals surface area contributed by atoms with Gasteiger partial charge in [0.1, 0.15) is 0 Å². The Bertz CT molecular complexity index is 1010. The molecule has 1 aromatic heterocycles. The van der Waals surface area contributed by atoms with E-state index in [-0.39, 0.29) is 11.8 Å². The molecule has 0 fully saturated rings. The van der Waals surface area contributed by atoms with Crippen molar-refractivity contribution in [3.8, 4) is 0 Å². The summed E-state index contributed by atoms with van der Waals surface area (Å²) < 4.78 is 0. The van der Waals surface area contributed by atoms with Gasteiger partial charge in [0.2, 0.25) is 0 Å². The SMILES string of the molecule is Cc1ccc2nc(C)cc(C(=O)NCc3ccc(C(=O)N(C)C)cc3)c2c1. The van der Waals surface area contributed by atoms with Crippen LogP contribution in [0.4, 0.5) is 0 Å². The summed E-state index contributed by atoms with van der Waals surface area (Å²) >= 11 is 0. The number of nitrogens with zero attached hydrogens (tertiary/aromatic N) is 2. The highest BCUT2D eigenvalue weighted by atomic mass is 16.2. The van der Waals surface area contributed by atoms with Gasteiger partial charge < -0.3 is 10.2 Å². The number of aromatic nitrogens is 1. The van der Waals surface area contributed by atoms with Crippen LogP contribution in [-0.2, 0) is 6.54 Å². The van der Waals surface area contributed by atoms with E-state index in [1.807, 2.05) is 50.2 Å². The molecular weight excluding hydrogens is 338 g/mol. The van der Waals surface area contributed by atoms with Crippen molar-refractivity contribution in [2.75, 3.05) is 14.1 Å². The van der Waals surface area contributed by atoms with E-state index in [1.165, 1.54) is 4.90 Å². The molecule has 0 saturated carbocycles. The van der Waals surface area contributed by atoms with Crippen molar-refractivity contribution in [2.24, 2.45) is 0 Å². The minimum atomic E-state index is -0.135. The van der Waals surface area contributed by atoms with Crippen LogP contribution >= 0.6 is 0 Å². The van der Waals surface area contributed by atoms with Crippen LogP contribution in [0.5, 0.6) is 0 Å². The maximum Gasteiger partial charge on any atom is 0.253 e. The third-order valence-corrected chi connectivity index (χ3v) is 4.40. The van der Waals surface area contributed by atoms with Gasteiger partial charge in [-0.15, -0.1) is 0 Å². The van der Waals surface area contributed by atoms with Gasteiger partial charge in [0.05, 0.1) is 11.1 Å². The second kappa shape index (κ2) is 7.58. The molecule has 3 rings (SSSR count). The molecule has 1 N–H and O–H groups in total. The summed E-state index contributed by atoms with van der Waals surface area (Å²) in [6.45, 7) is 4.28. The third kappa shape index (κ3) is 4.14. The van der Waals surface area contributed by atoms with Gasteiger partial charge in [-0.1, -0.05) is 23.8 Å². The highest BCUT2D eigenvalue weighted by Gasteiger charge is 2.13. The minimum absolute atomic E-state index is 0.0420. The van der Waals surface area contributed by atoms with E-state index in [0.29, 0.717) is 17.7 Å². The third-order valence-electron chi connectivity index (χ3n) is 4.40. The number of aryl methyl sites for hydroxylation is 2. The Morgan fingerprint density at radius 1 is 1.00 bits per heavy atom. The molecule has 0 aliphatic carbocycles. The summed E-state index contributed by atoms with van der Waals surface area (Å²) in [5.41, 5.74) is 4.90. The maximum atomic E-state index is 12.8. The lowest BCUT2D eigenvalue weighted by Gasteiger charge is -2.12. The number of benzene rings is 2. The van der Waals surface area contributed by atoms with E-state index in [1.54, 1.807) is 26.2 Å². The molecule has 138 valence electrons. The Labute approximate surface area is 159 Å². The van der Waals surface area contributed by atoms with Gasteiger partial charge in [0, 0.05) is 37.3 Å². The topological polar surface area (TPSA) is 62.3 Å². The number of carbonyl (C=O) groups is 2. The first-order valence-corrected chi connectivity index (χ1v) is 8.82. The Morgan fingerprint density at radius 2 is 1.70 bits per heavy atom. The van der Waals surface area contributed by atoms with Crippen molar-refractivity contribution in [1.82, 2.24) is 15.2 Å². The molecule has 0 atom stereocenters. The molecule has 0 unspecified atom stereocenters. The van der Waals surface area contributed by atoms with Gasteiger partial charge in [-0.2, -0.15) is 0 Å². The van der Waals surface area contributed by atoms with Crippen LogP contribution in [-0.4, -0.2) is 35.8 Å². The second-order valence-corrected chi connectivity index (χ2v) is 6.91. The molecule has 2 amide bonds. The molecule has 5 heteroatoms. The summed E-state index contributed by atoms with van der Waals surface area (Å²) in [7, 11) is 3.44. The summed E-state index contributed by atoms with van der Waals surface area (Å²) in [5, 5.41) is 3.82. The molecule has 0 spiro atoms. The van der Waals surface area contributed by atoms with Gasteiger partial charge in [-0.05, 0) is 49.7 Å². The van der Waals surface area contributed by atoms with E-state index in [2.05, 4.69) is 10.3 Å². The van der Waals surface area contributed by atoms with Gasteiger partial charge in [0.15, 0.2) is 0 Å². The fraction of sp³-hybridized carbons (Fsp3) is 0.227. The molecule has 5 nitrogen and oxygen atoms in total. The fourth-order valence-corrected chi connectivity index (χ4v) is 2.96. The summed E-state index contributed by atoms with van der Waals surface area (Å²) in [4.78, 5) is 30.7. The molecular formula is C22H23N3O2. The van der Waals surface area contributed by atoms with Crippen molar-refractivity contribution in [3.63, 3.8) is 0 Å². The number of pyridine rings is 1. The van der Waals surface area contributed by atoms with Crippen molar-refractivity contribution in [1.29, 1.82) is 0 Å². The molecule has 3 aromatic rings. The van der Waals surface area contributed by atoms with Crippen LogP contribution in [0.3, 0.4) is 0 Å². The lowest BCUT2D eigenvalue weighted by atomic mass is 10.0. The molecule has 0 saturated heterocycles. The molecule has 27 heavy (non-hydrogen) atoms. The lowest BCUT2D eigenvalue weighted by Crippen LogP contribution is -2.24. The number of carbonyl (C=O) groups excluding carboxylic acids is 2. The second-order valence-electron chi connectivity index (χ2n) is 6.91. The first kappa shape index (κ1) is 18.6. The average molecular weight is 361 g/mol. The van der Waals surface area contributed by atoms with Gasteiger partial charge in [0.25, 0.3) is 11.8 Å². The predicted octanol–water partition coefficient (Wildman–Crippen LogP) is 3.48. The Hall–Kier alpha value is -3.21. The standard InChI is InChI=1S/C22H23N3O2/c1-14-5-10-20-18(11-14)19(12-15(2)24-20)21(26)23-13-16-6-8-17(9-7-16)22(27)25(3)4/h5-12H,13H2,1-4H3,(H,23,26). The molecule has 0 radical (unpaired) electrons. The summed E-state index contributed by atoms with van der Waals surface area (Å²) in [5.74, 6) is -0.177. The van der Waals surface area contributed by atoms with E-state index in [0.717, 1.165) is 27.7 Å². The van der Waals surface area contributed by atoms with Crippen LogP contribution in [0.25, 0.3) is 10.9 Å². The van der Waals surface area contributed by atoms with Crippen molar-refractivity contribution >= 4 is 22.7 Å². The first-order valence-electron chi connectivity index (χ1n) is 8.82. The van der Waals surface area contributed by atoms with E-state index in [9.17, 15) is 9.59 Å². The minimum Gasteiger partial charge on any atom is -0.348 e. The van der Waals surface area contributed by atoms with E-state index >= 15 is 0 Å². The maximum absolute atomic E-state index is 12.8. The van der Waals surface area contributed by atoms with E-state index in [4.69, 9.17) is 0 Å². The number of hydrogen-bond acceptors (Lipinski definition) is 3. The summed E-state index contributed by atoms with van der Waals surface area (Å²) in [6, 6.07) is 15.0. The van der Waals surface area contributed by atoms with Gasteiger partial charge in [-0.25, -0.2) is 0 Å². The van der Waals surface area contributed by atoms with Crippen LogP contribution < -0.4 is 5.32 Å². The summed E-state index contributed by atoms with van der Waals surface area (Å²) in [6.07, 6.45) is 0. The highest BCUT2D eigenvalue weighted by Crippen LogP contribution is 2.20. The number of fused-ring (bicyclic) bond motifs is 1. The van der Waals surface area contributed by atoms with Crippen LogP contribution in [0.2, 0.25) is 0 Å². The monoisotopic (exact) mass is 361 g/mol. The predicted molar refractivity (Wildman–Crippen MR) is 107 cm³/mol. The molecule has 0 aliphatic heterocycles. The van der Waals surface area contributed by atoms with Gasteiger partial charge >= 0.3 is 0 Å². The zero-order valence-electron chi connectivity index (χ0n) is 16.0. The van der Waals surface area contributed by atoms with Crippen LogP contribution in [0.15, 0.2) is 48.5 Å². The van der Waals surface area contributed by atoms with Crippen LogP contribution in [0.1, 0.15) is 37.5 Å². The molecule has 2 aromatic carbocycles. The molecule has 1 heterocycles. The fourth-order valence-electron chi connectivity index (χ4n) is 2.96. The number of rotatable bonds is 4. The molecule has 0 bridgehead atoms. The van der Waals surface area contributed by atoms with Gasteiger partial charge in [-0.3, -0.25) is 14.6 Å². The van der Waals surface area contributed by atoms with Crippen LogP contribution in [0, 0.1) is 13.8 Å². The Balaban J connectivity index is 1.77. The van der Waals surface area contributed by atoms with E-state index < -0.39 is 0 Å². The van der Waals surface area contributed by atoms with Crippen molar-refractivity contribution in [2.45, 2.75) is 20.4 Å². The van der Waals surface area contributed by atoms with Crippen molar-refractivity contribution < 1.29 is 9.59 Å². The molecule has 0 aliphatic rings. The van der Waals surface area contributed by atoms with Crippen molar-refractivity contribution in [3.05, 3.63) is 76.5 Å².